The van der Waals surface area contributed by atoms with Gasteiger partial charge in [0.2, 0.25) is 0 Å². The Bertz CT molecular complexity index is 1180. The van der Waals surface area contributed by atoms with Gasteiger partial charge in [-0.3, -0.25) is 14.3 Å². The zero-order valence-electron chi connectivity index (χ0n) is 18.3. The van der Waals surface area contributed by atoms with Crippen molar-refractivity contribution in [2.75, 3.05) is 7.11 Å². The van der Waals surface area contributed by atoms with Gasteiger partial charge < -0.3 is 10.1 Å². The summed E-state index contributed by atoms with van der Waals surface area (Å²) >= 11 is 1.56. The maximum Gasteiger partial charge on any atom is 0.251 e. The van der Waals surface area contributed by atoms with Crippen LogP contribution in [0.2, 0.25) is 0 Å². The molecular formula is C25H25N5O2S. The molecule has 2 heterocycles. The predicted molar refractivity (Wildman–Crippen MR) is 128 cm³/mol. The van der Waals surface area contributed by atoms with Crippen LogP contribution in [0.15, 0.2) is 84.3 Å². The van der Waals surface area contributed by atoms with E-state index in [9.17, 15) is 4.79 Å². The van der Waals surface area contributed by atoms with E-state index in [2.05, 4.69) is 37.2 Å². The summed E-state index contributed by atoms with van der Waals surface area (Å²) in [6, 6.07) is 21.6. The molecule has 0 bridgehead atoms. The predicted octanol–water partition coefficient (Wildman–Crippen LogP) is 4.09. The van der Waals surface area contributed by atoms with Crippen LogP contribution in [0.1, 0.15) is 32.9 Å². The minimum atomic E-state index is -0.103. The highest BCUT2D eigenvalue weighted by atomic mass is 32.2. The number of carbonyl (C=O) groups excluding carboxylic acids is 1. The van der Waals surface area contributed by atoms with E-state index >= 15 is 0 Å². The normalized spacial score (nSPS) is 10.8. The van der Waals surface area contributed by atoms with Gasteiger partial charge in [-0.15, -0.1) is 10.2 Å². The fourth-order valence-corrected chi connectivity index (χ4v) is 4.34. The summed E-state index contributed by atoms with van der Waals surface area (Å²) in [5.41, 5.74) is 3.76. The fraction of sp³-hybridized carbons (Fsp3) is 0.200. The minimum absolute atomic E-state index is 0.103. The van der Waals surface area contributed by atoms with Gasteiger partial charge in [-0.05, 0) is 34.9 Å². The fourth-order valence-electron chi connectivity index (χ4n) is 3.37. The van der Waals surface area contributed by atoms with E-state index in [1.807, 2.05) is 54.6 Å². The minimum Gasteiger partial charge on any atom is -0.377 e. The molecule has 0 atom stereocenters. The van der Waals surface area contributed by atoms with Crippen LogP contribution in [0, 0.1) is 0 Å². The number of aromatic nitrogens is 4. The van der Waals surface area contributed by atoms with E-state index in [0.717, 1.165) is 27.7 Å². The maximum atomic E-state index is 12.9. The van der Waals surface area contributed by atoms with Crippen LogP contribution in [0.5, 0.6) is 0 Å². The van der Waals surface area contributed by atoms with Gasteiger partial charge in [0.05, 0.1) is 6.54 Å². The van der Waals surface area contributed by atoms with Crippen molar-refractivity contribution in [3.8, 4) is 0 Å². The molecule has 2 aromatic carbocycles. The number of pyridine rings is 1. The third-order valence-electron chi connectivity index (χ3n) is 5.07. The number of methoxy groups -OCH3 is 1. The first kappa shape index (κ1) is 22.7. The highest BCUT2D eigenvalue weighted by Crippen LogP contribution is 2.25. The van der Waals surface area contributed by atoms with Crippen molar-refractivity contribution in [2.24, 2.45) is 0 Å². The summed E-state index contributed by atoms with van der Waals surface area (Å²) in [7, 11) is 1.65. The molecule has 0 aliphatic rings. The number of rotatable bonds is 10. The van der Waals surface area contributed by atoms with Crippen LogP contribution < -0.4 is 5.32 Å². The van der Waals surface area contributed by atoms with Crippen LogP contribution in [-0.4, -0.2) is 32.8 Å². The first-order chi connectivity index (χ1) is 16.2. The van der Waals surface area contributed by atoms with Crippen LogP contribution in [0.4, 0.5) is 0 Å². The Morgan fingerprint density at radius 3 is 2.52 bits per heavy atom. The Labute approximate surface area is 197 Å². The number of thioether (sulfide) groups is 1. The molecule has 0 saturated heterocycles. The van der Waals surface area contributed by atoms with Gasteiger partial charge in [0.25, 0.3) is 5.91 Å². The molecule has 1 N–H and O–H groups in total. The summed E-state index contributed by atoms with van der Waals surface area (Å²) in [5.74, 6) is 1.26. The lowest BCUT2D eigenvalue weighted by molar-refractivity contribution is 0.0950. The van der Waals surface area contributed by atoms with Gasteiger partial charge in [0.15, 0.2) is 11.0 Å². The van der Waals surface area contributed by atoms with E-state index in [1.54, 1.807) is 31.3 Å². The highest BCUT2D eigenvalue weighted by Gasteiger charge is 2.16. The van der Waals surface area contributed by atoms with Gasteiger partial charge in [-0.25, -0.2) is 0 Å². The van der Waals surface area contributed by atoms with Gasteiger partial charge in [-0.1, -0.05) is 60.3 Å². The molecular weight excluding hydrogens is 434 g/mol. The second-order valence-corrected chi connectivity index (χ2v) is 8.33. The van der Waals surface area contributed by atoms with Crippen LogP contribution >= 0.6 is 11.8 Å². The molecule has 168 valence electrons. The number of amides is 1. The lowest BCUT2D eigenvalue weighted by Crippen LogP contribution is -2.23. The standard InChI is InChI=1S/C25H25N5O2S/c1-32-17-23-28-29-25(30(23)16-20-7-3-2-4-8-20)33-18-21-9-5-6-10-22(21)24(31)27-15-19-11-13-26-14-12-19/h2-14H,15-18H2,1H3,(H,27,31). The zero-order chi connectivity index (χ0) is 22.9. The molecule has 0 aliphatic carbocycles. The van der Waals surface area contributed by atoms with Crippen molar-refractivity contribution < 1.29 is 9.53 Å². The third-order valence-corrected chi connectivity index (χ3v) is 6.09. The second-order valence-electron chi connectivity index (χ2n) is 7.39. The SMILES string of the molecule is COCc1nnc(SCc2ccccc2C(=O)NCc2ccncc2)n1Cc1ccccc1. The Morgan fingerprint density at radius 1 is 0.970 bits per heavy atom. The Kier molecular flexibility index (Phi) is 7.84. The summed E-state index contributed by atoms with van der Waals surface area (Å²) in [5, 5.41) is 12.5. The van der Waals surface area contributed by atoms with Gasteiger partial charge in [-0.2, -0.15) is 0 Å². The number of ether oxygens (including phenoxy) is 1. The van der Waals surface area contributed by atoms with Crippen molar-refractivity contribution in [3.05, 3.63) is 107 Å². The molecule has 0 radical (unpaired) electrons. The molecule has 4 rings (SSSR count). The largest absolute Gasteiger partial charge is 0.377 e. The van der Waals surface area contributed by atoms with E-state index < -0.39 is 0 Å². The van der Waals surface area contributed by atoms with Gasteiger partial charge >= 0.3 is 0 Å². The molecule has 8 heteroatoms. The van der Waals surface area contributed by atoms with E-state index in [-0.39, 0.29) is 5.91 Å². The highest BCUT2D eigenvalue weighted by molar-refractivity contribution is 7.98. The second kappa shape index (κ2) is 11.4. The summed E-state index contributed by atoms with van der Waals surface area (Å²) in [6.45, 7) is 1.49. The summed E-state index contributed by atoms with van der Waals surface area (Å²) < 4.78 is 7.37. The monoisotopic (exact) mass is 459 g/mol. The third kappa shape index (κ3) is 6.06. The van der Waals surface area contributed by atoms with Crippen LogP contribution in [0.3, 0.4) is 0 Å². The molecule has 0 saturated carbocycles. The van der Waals surface area contributed by atoms with Crippen molar-refractivity contribution in [1.29, 1.82) is 0 Å². The quantitative estimate of drug-likeness (QED) is 0.360. The Morgan fingerprint density at radius 2 is 1.73 bits per heavy atom. The van der Waals surface area contributed by atoms with Crippen molar-refractivity contribution in [3.63, 3.8) is 0 Å². The van der Waals surface area contributed by atoms with Crippen molar-refractivity contribution in [1.82, 2.24) is 25.1 Å². The van der Waals surface area contributed by atoms with Gasteiger partial charge in [0, 0.05) is 37.4 Å². The Hall–Kier alpha value is -3.49. The van der Waals surface area contributed by atoms with Crippen LogP contribution in [0.25, 0.3) is 0 Å². The smallest absolute Gasteiger partial charge is 0.251 e. The summed E-state index contributed by atoms with van der Waals surface area (Å²) in [6.07, 6.45) is 3.44. The first-order valence-electron chi connectivity index (χ1n) is 10.6. The molecule has 0 spiro atoms. The number of nitrogens with one attached hydrogen (secondary N) is 1. The molecule has 33 heavy (non-hydrogen) atoms. The molecule has 7 nitrogen and oxygen atoms in total. The maximum absolute atomic E-state index is 12.9. The lowest BCUT2D eigenvalue weighted by Gasteiger charge is -2.12. The molecule has 1 amide bonds. The average molecular weight is 460 g/mol. The topological polar surface area (TPSA) is 81.9 Å². The van der Waals surface area contributed by atoms with Crippen LogP contribution in [-0.2, 0) is 30.2 Å². The summed E-state index contributed by atoms with van der Waals surface area (Å²) in [4.78, 5) is 16.9. The molecule has 0 aliphatic heterocycles. The van der Waals surface area contributed by atoms with E-state index in [1.165, 1.54) is 0 Å². The zero-order valence-corrected chi connectivity index (χ0v) is 19.2. The number of hydrogen-bond acceptors (Lipinski definition) is 6. The molecule has 0 unspecified atom stereocenters. The van der Waals surface area contributed by atoms with E-state index in [4.69, 9.17) is 4.74 Å². The average Bonchev–Trinajstić information content (AvgIpc) is 3.24. The number of hydrogen-bond donors (Lipinski definition) is 1. The van der Waals surface area contributed by atoms with Crippen molar-refractivity contribution in [2.45, 2.75) is 30.6 Å². The first-order valence-corrected chi connectivity index (χ1v) is 11.6. The Balaban J connectivity index is 1.48. The lowest BCUT2D eigenvalue weighted by atomic mass is 10.1. The van der Waals surface area contributed by atoms with E-state index in [0.29, 0.717) is 31.0 Å². The number of carbonyl (C=O) groups is 1. The number of benzene rings is 2. The van der Waals surface area contributed by atoms with Crippen molar-refractivity contribution >= 4 is 17.7 Å². The molecule has 4 aromatic rings. The number of nitrogens with zero attached hydrogens (tertiary/aromatic N) is 4. The van der Waals surface area contributed by atoms with Gasteiger partial charge in [0.1, 0.15) is 6.61 Å². The molecule has 2 aromatic heterocycles. The molecule has 0 fully saturated rings.